The SMILES string of the molecule is CC(=O)NCCNC(=O)CN1CCN(c2ccccc2O)CC1. The Morgan fingerprint density at radius 3 is 2.39 bits per heavy atom. The molecule has 0 aromatic heterocycles. The molecule has 0 bridgehead atoms. The first-order chi connectivity index (χ1) is 11.1. The average molecular weight is 320 g/mol. The molecule has 0 unspecified atom stereocenters. The van der Waals surface area contributed by atoms with E-state index in [4.69, 9.17) is 0 Å². The highest BCUT2D eigenvalue weighted by molar-refractivity contribution is 5.78. The maximum Gasteiger partial charge on any atom is 0.234 e. The minimum Gasteiger partial charge on any atom is -0.506 e. The summed E-state index contributed by atoms with van der Waals surface area (Å²) < 4.78 is 0. The topological polar surface area (TPSA) is 84.9 Å². The molecule has 1 fully saturated rings. The van der Waals surface area contributed by atoms with Gasteiger partial charge in [-0.3, -0.25) is 14.5 Å². The van der Waals surface area contributed by atoms with Crippen molar-refractivity contribution in [2.75, 3.05) is 50.7 Å². The van der Waals surface area contributed by atoms with Crippen molar-refractivity contribution in [1.29, 1.82) is 0 Å². The average Bonchev–Trinajstić information content (AvgIpc) is 2.53. The number of para-hydroxylation sites is 2. The van der Waals surface area contributed by atoms with Crippen LogP contribution in [0, 0.1) is 0 Å². The van der Waals surface area contributed by atoms with E-state index in [-0.39, 0.29) is 17.6 Å². The second kappa shape index (κ2) is 8.38. The van der Waals surface area contributed by atoms with Gasteiger partial charge in [0.1, 0.15) is 5.75 Å². The quantitative estimate of drug-likeness (QED) is 0.630. The van der Waals surface area contributed by atoms with Crippen LogP contribution < -0.4 is 15.5 Å². The number of carbonyl (C=O) groups is 2. The number of hydrogen-bond acceptors (Lipinski definition) is 5. The fourth-order valence-corrected chi connectivity index (χ4v) is 2.58. The number of piperazine rings is 1. The molecule has 1 heterocycles. The van der Waals surface area contributed by atoms with Gasteiger partial charge in [0.05, 0.1) is 12.2 Å². The highest BCUT2D eigenvalue weighted by atomic mass is 16.3. The van der Waals surface area contributed by atoms with E-state index in [2.05, 4.69) is 20.4 Å². The molecule has 2 amide bonds. The smallest absolute Gasteiger partial charge is 0.234 e. The summed E-state index contributed by atoms with van der Waals surface area (Å²) in [5, 5.41) is 15.3. The fraction of sp³-hybridized carbons (Fsp3) is 0.500. The van der Waals surface area contributed by atoms with Gasteiger partial charge in [0.2, 0.25) is 11.8 Å². The van der Waals surface area contributed by atoms with E-state index in [9.17, 15) is 14.7 Å². The van der Waals surface area contributed by atoms with Crippen molar-refractivity contribution in [3.05, 3.63) is 24.3 Å². The van der Waals surface area contributed by atoms with E-state index >= 15 is 0 Å². The summed E-state index contributed by atoms with van der Waals surface area (Å²) in [7, 11) is 0. The van der Waals surface area contributed by atoms with Crippen LogP contribution in [-0.4, -0.2) is 67.6 Å². The number of benzene rings is 1. The minimum absolute atomic E-state index is 0.0358. The van der Waals surface area contributed by atoms with Gasteiger partial charge in [-0.15, -0.1) is 0 Å². The van der Waals surface area contributed by atoms with Crippen molar-refractivity contribution >= 4 is 17.5 Å². The molecule has 1 aliphatic heterocycles. The summed E-state index contributed by atoms with van der Waals surface area (Å²) in [5.41, 5.74) is 0.840. The lowest BCUT2D eigenvalue weighted by Crippen LogP contribution is -2.50. The number of nitrogens with one attached hydrogen (secondary N) is 2. The van der Waals surface area contributed by atoms with Crippen molar-refractivity contribution in [2.45, 2.75) is 6.92 Å². The standard InChI is InChI=1S/C16H24N4O3/c1-13(21)17-6-7-18-16(23)12-19-8-10-20(11-9-19)14-4-2-3-5-15(14)22/h2-5,22H,6-12H2,1H3,(H,17,21)(H,18,23). The summed E-state index contributed by atoms with van der Waals surface area (Å²) >= 11 is 0. The third-order valence-corrected chi connectivity index (χ3v) is 3.78. The summed E-state index contributed by atoms with van der Waals surface area (Å²) in [5.74, 6) is 0.155. The lowest BCUT2D eigenvalue weighted by Gasteiger charge is -2.35. The van der Waals surface area contributed by atoms with Gasteiger partial charge >= 0.3 is 0 Å². The molecule has 0 radical (unpaired) electrons. The predicted molar refractivity (Wildman–Crippen MR) is 88.5 cm³/mol. The van der Waals surface area contributed by atoms with E-state index in [0.29, 0.717) is 19.6 Å². The van der Waals surface area contributed by atoms with E-state index in [1.54, 1.807) is 12.1 Å². The number of anilines is 1. The first kappa shape index (κ1) is 17.1. The number of rotatable bonds is 6. The second-order valence-electron chi connectivity index (χ2n) is 5.58. The van der Waals surface area contributed by atoms with Crippen LogP contribution in [-0.2, 0) is 9.59 Å². The zero-order valence-electron chi connectivity index (χ0n) is 13.4. The zero-order chi connectivity index (χ0) is 16.7. The molecule has 0 aliphatic carbocycles. The normalized spacial score (nSPS) is 15.3. The highest BCUT2D eigenvalue weighted by Crippen LogP contribution is 2.26. The zero-order valence-corrected chi connectivity index (χ0v) is 13.4. The van der Waals surface area contributed by atoms with Crippen LogP contribution in [0.4, 0.5) is 5.69 Å². The lowest BCUT2D eigenvalue weighted by molar-refractivity contribution is -0.123. The van der Waals surface area contributed by atoms with Gasteiger partial charge in [-0.2, -0.15) is 0 Å². The number of carbonyl (C=O) groups excluding carboxylic acids is 2. The summed E-state index contributed by atoms with van der Waals surface area (Å²) in [6, 6.07) is 7.30. The Balaban J connectivity index is 1.69. The van der Waals surface area contributed by atoms with Crippen LogP contribution in [0.25, 0.3) is 0 Å². The van der Waals surface area contributed by atoms with E-state index < -0.39 is 0 Å². The maximum atomic E-state index is 11.8. The van der Waals surface area contributed by atoms with E-state index in [0.717, 1.165) is 31.9 Å². The number of nitrogens with zero attached hydrogens (tertiary/aromatic N) is 2. The van der Waals surface area contributed by atoms with Gasteiger partial charge in [-0.25, -0.2) is 0 Å². The van der Waals surface area contributed by atoms with Crippen LogP contribution >= 0.6 is 0 Å². The highest BCUT2D eigenvalue weighted by Gasteiger charge is 2.20. The number of hydrogen-bond donors (Lipinski definition) is 3. The molecule has 126 valence electrons. The number of aromatic hydroxyl groups is 1. The summed E-state index contributed by atoms with van der Waals surface area (Å²) in [6.45, 7) is 5.79. The Labute approximate surface area is 136 Å². The van der Waals surface area contributed by atoms with Gasteiger partial charge in [0.15, 0.2) is 0 Å². The number of amides is 2. The molecule has 2 rings (SSSR count). The Kier molecular flexibility index (Phi) is 6.22. The van der Waals surface area contributed by atoms with Gasteiger partial charge in [0, 0.05) is 46.2 Å². The van der Waals surface area contributed by atoms with Gasteiger partial charge < -0.3 is 20.6 Å². The molecule has 7 nitrogen and oxygen atoms in total. The van der Waals surface area contributed by atoms with Gasteiger partial charge in [-0.1, -0.05) is 12.1 Å². The molecule has 23 heavy (non-hydrogen) atoms. The monoisotopic (exact) mass is 320 g/mol. The van der Waals surface area contributed by atoms with Gasteiger partial charge in [-0.05, 0) is 12.1 Å². The van der Waals surface area contributed by atoms with Crippen molar-refractivity contribution in [1.82, 2.24) is 15.5 Å². The van der Waals surface area contributed by atoms with Crippen molar-refractivity contribution in [3.63, 3.8) is 0 Å². The van der Waals surface area contributed by atoms with Crippen LogP contribution in [0.15, 0.2) is 24.3 Å². The number of phenolic OH excluding ortho intramolecular Hbond substituents is 1. The van der Waals surface area contributed by atoms with Crippen LogP contribution in [0.3, 0.4) is 0 Å². The summed E-state index contributed by atoms with van der Waals surface area (Å²) in [4.78, 5) is 26.8. The lowest BCUT2D eigenvalue weighted by atomic mass is 10.2. The largest absolute Gasteiger partial charge is 0.506 e. The third kappa shape index (κ3) is 5.45. The Morgan fingerprint density at radius 2 is 1.74 bits per heavy atom. The molecule has 0 atom stereocenters. The molecular weight excluding hydrogens is 296 g/mol. The third-order valence-electron chi connectivity index (χ3n) is 3.78. The van der Waals surface area contributed by atoms with Crippen molar-refractivity contribution < 1.29 is 14.7 Å². The molecule has 0 spiro atoms. The fourth-order valence-electron chi connectivity index (χ4n) is 2.58. The number of phenols is 1. The molecule has 1 aromatic rings. The van der Waals surface area contributed by atoms with Crippen LogP contribution in [0.2, 0.25) is 0 Å². The van der Waals surface area contributed by atoms with E-state index in [1.807, 2.05) is 12.1 Å². The van der Waals surface area contributed by atoms with Crippen molar-refractivity contribution in [2.24, 2.45) is 0 Å². The molecular formula is C16H24N4O3. The Morgan fingerprint density at radius 1 is 1.09 bits per heavy atom. The first-order valence-corrected chi connectivity index (χ1v) is 7.82. The molecule has 3 N–H and O–H groups in total. The second-order valence-corrected chi connectivity index (χ2v) is 5.58. The maximum absolute atomic E-state index is 11.8. The first-order valence-electron chi connectivity index (χ1n) is 7.82. The predicted octanol–water partition coefficient (Wildman–Crippen LogP) is -0.233. The van der Waals surface area contributed by atoms with Crippen LogP contribution in [0.1, 0.15) is 6.92 Å². The Hall–Kier alpha value is -2.28. The van der Waals surface area contributed by atoms with Crippen molar-refractivity contribution in [3.8, 4) is 5.75 Å². The molecule has 1 saturated heterocycles. The molecule has 0 saturated carbocycles. The Bertz CT molecular complexity index is 542. The van der Waals surface area contributed by atoms with Crippen LogP contribution in [0.5, 0.6) is 5.75 Å². The minimum atomic E-state index is -0.0977. The van der Waals surface area contributed by atoms with Gasteiger partial charge in [0.25, 0.3) is 0 Å². The molecule has 1 aromatic carbocycles. The summed E-state index contributed by atoms with van der Waals surface area (Å²) in [6.07, 6.45) is 0. The van der Waals surface area contributed by atoms with E-state index in [1.165, 1.54) is 6.92 Å². The molecule has 1 aliphatic rings. The molecule has 7 heteroatoms.